The molecule has 0 aliphatic carbocycles. The van der Waals surface area contributed by atoms with Gasteiger partial charge in [0.25, 0.3) is 0 Å². The lowest BCUT2D eigenvalue weighted by atomic mass is 10.0. The molecule has 0 N–H and O–H groups in total. The minimum atomic E-state index is 0.00222. The van der Waals surface area contributed by atoms with Crippen LogP contribution in [0.15, 0.2) is 34.7 Å². The summed E-state index contributed by atoms with van der Waals surface area (Å²) in [4.78, 5) is 0. The first-order chi connectivity index (χ1) is 7.35. The summed E-state index contributed by atoms with van der Waals surface area (Å²) in [5.74, 6) is 3.39. The topological polar surface area (TPSA) is 13.1 Å². The van der Waals surface area contributed by atoms with Crippen LogP contribution in [0.1, 0.15) is 31.4 Å². The molecule has 1 atom stereocenters. The zero-order valence-electron chi connectivity index (χ0n) is 8.79. The molecular weight excluding hydrogens is 184 g/mol. The van der Waals surface area contributed by atoms with E-state index in [2.05, 4.69) is 12.8 Å². The Morgan fingerprint density at radius 2 is 2.20 bits per heavy atom. The van der Waals surface area contributed by atoms with Crippen LogP contribution in [0.5, 0.6) is 0 Å². The van der Waals surface area contributed by atoms with Crippen LogP contribution in [-0.2, 0) is 0 Å². The lowest BCUT2D eigenvalue weighted by molar-refractivity contribution is 0.514. The Morgan fingerprint density at radius 1 is 1.40 bits per heavy atom. The van der Waals surface area contributed by atoms with E-state index in [4.69, 9.17) is 10.8 Å². The SMILES string of the molecule is [C]#CC(CCC)c1cc2ccccc2o1. The third-order valence-electron chi connectivity index (χ3n) is 2.54. The van der Waals surface area contributed by atoms with E-state index in [1.54, 1.807) is 0 Å². The van der Waals surface area contributed by atoms with Crippen molar-refractivity contribution in [3.8, 4) is 5.92 Å². The van der Waals surface area contributed by atoms with Gasteiger partial charge in [-0.2, -0.15) is 0 Å². The summed E-state index contributed by atoms with van der Waals surface area (Å²) in [5, 5.41) is 1.10. The fourth-order valence-electron chi connectivity index (χ4n) is 1.75. The zero-order chi connectivity index (χ0) is 10.7. The molecule has 0 saturated heterocycles. The van der Waals surface area contributed by atoms with Gasteiger partial charge in [-0.05, 0) is 25.0 Å². The number of fused-ring (bicyclic) bond motifs is 1. The normalized spacial score (nSPS) is 12.5. The maximum Gasteiger partial charge on any atom is 0.134 e. The number of para-hydroxylation sites is 1. The minimum absolute atomic E-state index is 0.00222. The van der Waals surface area contributed by atoms with Crippen molar-refractivity contribution in [2.75, 3.05) is 0 Å². The fourth-order valence-corrected chi connectivity index (χ4v) is 1.75. The first-order valence-corrected chi connectivity index (χ1v) is 5.26. The standard InChI is InChI=1S/C14H13O/c1-3-7-11(4-2)14-10-12-8-5-6-9-13(12)15-14/h5-6,8-11H,3,7H2,1H3. The molecule has 75 valence electrons. The first kappa shape index (κ1) is 9.86. The summed E-state index contributed by atoms with van der Waals surface area (Å²) >= 11 is 0. The second-order valence-electron chi connectivity index (χ2n) is 3.67. The Bertz CT molecular complexity index is 454. The number of rotatable bonds is 3. The first-order valence-electron chi connectivity index (χ1n) is 5.26. The molecule has 1 unspecified atom stereocenters. The highest BCUT2D eigenvalue weighted by Gasteiger charge is 2.12. The fraction of sp³-hybridized carbons (Fsp3) is 0.286. The van der Waals surface area contributed by atoms with E-state index in [9.17, 15) is 0 Å². The average molecular weight is 197 g/mol. The van der Waals surface area contributed by atoms with Gasteiger partial charge in [0.15, 0.2) is 0 Å². The largest absolute Gasteiger partial charge is 0.460 e. The quantitative estimate of drug-likeness (QED) is 0.680. The Balaban J connectivity index is 2.39. The third-order valence-corrected chi connectivity index (χ3v) is 2.54. The molecule has 1 radical (unpaired) electrons. The van der Waals surface area contributed by atoms with Crippen molar-refractivity contribution in [2.45, 2.75) is 25.7 Å². The molecule has 0 fully saturated rings. The molecule has 15 heavy (non-hydrogen) atoms. The predicted molar refractivity (Wildman–Crippen MR) is 61.0 cm³/mol. The van der Waals surface area contributed by atoms with Gasteiger partial charge in [0.05, 0.1) is 5.92 Å². The maximum atomic E-state index is 7.26. The number of hydrogen-bond donors (Lipinski definition) is 0. The molecule has 2 aromatic rings. The molecule has 0 saturated carbocycles. The van der Waals surface area contributed by atoms with Gasteiger partial charge in [-0.1, -0.05) is 37.5 Å². The van der Waals surface area contributed by atoms with Crippen LogP contribution in [0.25, 0.3) is 11.0 Å². The Morgan fingerprint density at radius 3 is 2.87 bits per heavy atom. The van der Waals surface area contributed by atoms with Crippen LogP contribution in [0, 0.1) is 12.3 Å². The van der Waals surface area contributed by atoms with Crippen molar-refractivity contribution < 1.29 is 4.42 Å². The average Bonchev–Trinajstić information content (AvgIpc) is 2.69. The maximum absolute atomic E-state index is 7.26. The van der Waals surface area contributed by atoms with Crippen molar-refractivity contribution in [1.82, 2.24) is 0 Å². The molecule has 1 heterocycles. The van der Waals surface area contributed by atoms with Gasteiger partial charge >= 0.3 is 0 Å². The van der Waals surface area contributed by atoms with Gasteiger partial charge in [-0.3, -0.25) is 0 Å². The molecule has 0 amide bonds. The molecule has 0 aliphatic heterocycles. The monoisotopic (exact) mass is 197 g/mol. The van der Waals surface area contributed by atoms with Gasteiger partial charge in [0.2, 0.25) is 0 Å². The van der Waals surface area contributed by atoms with Crippen LogP contribution < -0.4 is 0 Å². The van der Waals surface area contributed by atoms with Crippen molar-refractivity contribution in [1.29, 1.82) is 0 Å². The summed E-state index contributed by atoms with van der Waals surface area (Å²) in [6.45, 7) is 2.10. The highest BCUT2D eigenvalue weighted by molar-refractivity contribution is 5.77. The highest BCUT2D eigenvalue weighted by atomic mass is 16.3. The van der Waals surface area contributed by atoms with E-state index in [1.807, 2.05) is 30.3 Å². The molecule has 0 spiro atoms. The van der Waals surface area contributed by atoms with E-state index >= 15 is 0 Å². The van der Waals surface area contributed by atoms with Crippen LogP contribution in [0.2, 0.25) is 0 Å². The Hall–Kier alpha value is -1.68. The molecule has 0 bridgehead atoms. The minimum Gasteiger partial charge on any atom is -0.460 e. The van der Waals surface area contributed by atoms with Crippen molar-refractivity contribution in [3.63, 3.8) is 0 Å². The Labute approximate surface area is 90.1 Å². The molecule has 0 aliphatic rings. The molecule has 2 rings (SSSR count). The summed E-state index contributed by atoms with van der Waals surface area (Å²) in [7, 11) is 0. The van der Waals surface area contributed by atoms with Crippen LogP contribution in [0.4, 0.5) is 0 Å². The summed E-state index contributed by atoms with van der Waals surface area (Å²) < 4.78 is 5.69. The van der Waals surface area contributed by atoms with Crippen molar-refractivity contribution in [2.24, 2.45) is 0 Å². The Kier molecular flexibility index (Phi) is 2.78. The highest BCUT2D eigenvalue weighted by Crippen LogP contribution is 2.27. The third kappa shape index (κ3) is 1.89. The van der Waals surface area contributed by atoms with Crippen LogP contribution >= 0.6 is 0 Å². The van der Waals surface area contributed by atoms with Crippen molar-refractivity contribution in [3.05, 3.63) is 42.5 Å². The molecule has 1 nitrogen and oxygen atoms in total. The van der Waals surface area contributed by atoms with Gasteiger partial charge in [0, 0.05) is 5.39 Å². The molecule has 1 aromatic heterocycles. The van der Waals surface area contributed by atoms with E-state index in [0.717, 1.165) is 29.6 Å². The lowest BCUT2D eigenvalue weighted by Crippen LogP contribution is -1.91. The molecular formula is C14H13O. The van der Waals surface area contributed by atoms with Crippen molar-refractivity contribution >= 4 is 11.0 Å². The number of hydrogen-bond acceptors (Lipinski definition) is 1. The van der Waals surface area contributed by atoms with E-state index in [0.29, 0.717) is 0 Å². The van der Waals surface area contributed by atoms with E-state index in [-0.39, 0.29) is 5.92 Å². The van der Waals surface area contributed by atoms with E-state index < -0.39 is 0 Å². The van der Waals surface area contributed by atoms with Crippen LogP contribution in [0.3, 0.4) is 0 Å². The number of benzene rings is 1. The van der Waals surface area contributed by atoms with Gasteiger partial charge in [0.1, 0.15) is 11.3 Å². The molecule has 1 heteroatoms. The molecule has 1 aromatic carbocycles. The smallest absolute Gasteiger partial charge is 0.134 e. The second-order valence-corrected chi connectivity index (χ2v) is 3.67. The number of furan rings is 1. The van der Waals surface area contributed by atoms with Gasteiger partial charge in [-0.15, -0.1) is 0 Å². The second kappa shape index (κ2) is 4.23. The lowest BCUT2D eigenvalue weighted by Gasteiger charge is -2.03. The van der Waals surface area contributed by atoms with Crippen LogP contribution in [-0.4, -0.2) is 0 Å². The zero-order valence-corrected chi connectivity index (χ0v) is 8.79. The summed E-state index contributed by atoms with van der Waals surface area (Å²) in [6, 6.07) is 9.93. The summed E-state index contributed by atoms with van der Waals surface area (Å²) in [5.41, 5.74) is 0.892. The van der Waals surface area contributed by atoms with Gasteiger partial charge < -0.3 is 4.42 Å². The van der Waals surface area contributed by atoms with E-state index in [1.165, 1.54) is 0 Å². The van der Waals surface area contributed by atoms with Gasteiger partial charge in [-0.25, -0.2) is 0 Å². The predicted octanol–water partition coefficient (Wildman–Crippen LogP) is 3.91. The summed E-state index contributed by atoms with van der Waals surface area (Å²) in [6.07, 6.45) is 9.22.